The van der Waals surface area contributed by atoms with Crippen LogP contribution in [-0.4, -0.2) is 12.4 Å². The van der Waals surface area contributed by atoms with Crippen LogP contribution in [0.25, 0.3) is 0 Å². The lowest BCUT2D eigenvalue weighted by molar-refractivity contribution is -0.355. The summed E-state index contributed by atoms with van der Waals surface area (Å²) < 4.78 is 172. The van der Waals surface area contributed by atoms with Crippen molar-refractivity contribution in [3.63, 3.8) is 0 Å². The lowest BCUT2D eigenvalue weighted by Crippen LogP contribution is -2.58. The topological polar surface area (TPSA) is 9.23 Å². The lowest BCUT2D eigenvalue weighted by Gasteiger charge is -2.47. The Labute approximate surface area is 353 Å². The summed E-state index contributed by atoms with van der Waals surface area (Å²) in [5.41, 5.74) is -15.5. The molecule has 332 valence electrons. The minimum absolute atomic E-state index is 0.181. The molecule has 2 fully saturated rings. The Morgan fingerprint density at radius 1 is 0.443 bits per heavy atom. The Bertz CT molecular complexity index is 1900. The summed E-state index contributed by atoms with van der Waals surface area (Å²) in [7, 11) is 0. The van der Waals surface area contributed by atoms with Crippen LogP contribution in [0.4, 0.5) is 43.9 Å². The van der Waals surface area contributed by atoms with Crippen LogP contribution in [0, 0.1) is 35.1 Å². The molecule has 0 N–H and O–H groups in total. The molecular formula is C50H56F10O. The van der Waals surface area contributed by atoms with E-state index in [-0.39, 0.29) is 11.1 Å². The summed E-state index contributed by atoms with van der Waals surface area (Å²) >= 11 is 0. The van der Waals surface area contributed by atoms with Crippen molar-refractivity contribution in [1.29, 1.82) is 0 Å². The van der Waals surface area contributed by atoms with Gasteiger partial charge in [-0.15, -0.1) is 0 Å². The van der Waals surface area contributed by atoms with Gasteiger partial charge in [0, 0.05) is 22.3 Å². The first kappa shape index (κ1) is 46.6. The molecule has 2 aliphatic carbocycles. The predicted octanol–water partition coefficient (Wildman–Crippen LogP) is 16.3. The maximum absolute atomic E-state index is 17.4. The molecule has 0 amide bonds. The summed E-state index contributed by atoms with van der Waals surface area (Å²) in [5, 5.41) is 0. The zero-order valence-electron chi connectivity index (χ0n) is 34.9. The molecule has 11 heteroatoms. The van der Waals surface area contributed by atoms with Gasteiger partial charge in [-0.3, -0.25) is 0 Å². The standard InChI is InChI=1S/C50H56F10O/c1-3-5-7-15-33-25-29-35(30-26-33)37-17-13-21-41(45(37)53)47(49(55,56)57,39-19-9-11-23-43(39)51)61-48(50(58,59)60,40-20-10-12-24-44(40)52)42-22-14-18-38(46(42)54)36-31-27-34(28-32-36)16-8-6-4-2/h9-14,17-24,33-36H,3-8,15-16,25-32H2,1-2H3. The van der Waals surface area contributed by atoms with Gasteiger partial charge in [0.25, 0.3) is 0 Å². The third kappa shape index (κ3) is 9.42. The Kier molecular flexibility index (Phi) is 15.0. The maximum Gasteiger partial charge on any atom is 0.426 e. The van der Waals surface area contributed by atoms with Crippen LogP contribution in [0.15, 0.2) is 84.9 Å². The van der Waals surface area contributed by atoms with Crippen molar-refractivity contribution in [1.82, 2.24) is 0 Å². The average Bonchev–Trinajstić information content (AvgIpc) is 3.23. The predicted molar refractivity (Wildman–Crippen MR) is 218 cm³/mol. The Hall–Kier alpha value is -3.86. The number of rotatable bonds is 16. The van der Waals surface area contributed by atoms with Crippen molar-refractivity contribution >= 4 is 0 Å². The number of ether oxygens (including phenoxy) is 1. The van der Waals surface area contributed by atoms with Crippen LogP contribution in [0.1, 0.15) is 162 Å². The molecule has 2 saturated carbocycles. The van der Waals surface area contributed by atoms with E-state index in [1.807, 2.05) is 0 Å². The van der Waals surface area contributed by atoms with Crippen LogP contribution in [0.2, 0.25) is 0 Å². The van der Waals surface area contributed by atoms with E-state index >= 15 is 43.9 Å². The monoisotopic (exact) mass is 862 g/mol. The minimum atomic E-state index is -6.06. The Balaban J connectivity index is 1.57. The first-order valence-corrected chi connectivity index (χ1v) is 22.0. The van der Waals surface area contributed by atoms with E-state index in [0.717, 1.165) is 87.8 Å². The maximum atomic E-state index is 17.4. The average molecular weight is 863 g/mol. The van der Waals surface area contributed by atoms with Gasteiger partial charge < -0.3 is 4.74 Å². The summed E-state index contributed by atoms with van der Waals surface area (Å²) in [4.78, 5) is 0. The van der Waals surface area contributed by atoms with Crippen molar-refractivity contribution < 1.29 is 48.6 Å². The second-order valence-electron chi connectivity index (χ2n) is 17.3. The lowest BCUT2D eigenvalue weighted by atomic mass is 9.74. The fourth-order valence-corrected chi connectivity index (χ4v) is 10.1. The van der Waals surface area contributed by atoms with E-state index in [9.17, 15) is 0 Å². The molecule has 0 heterocycles. The van der Waals surface area contributed by atoms with Gasteiger partial charge in [-0.05, 0) is 98.3 Å². The van der Waals surface area contributed by atoms with Crippen molar-refractivity contribution in [2.45, 2.75) is 152 Å². The van der Waals surface area contributed by atoms with Crippen molar-refractivity contribution in [3.8, 4) is 0 Å². The van der Waals surface area contributed by atoms with Gasteiger partial charge in [-0.1, -0.05) is 138 Å². The molecule has 0 aliphatic heterocycles. The van der Waals surface area contributed by atoms with Gasteiger partial charge in [-0.25, -0.2) is 17.6 Å². The number of alkyl halides is 6. The molecule has 0 saturated heterocycles. The van der Waals surface area contributed by atoms with Crippen molar-refractivity contribution in [2.75, 3.05) is 0 Å². The normalized spacial score (nSPS) is 22.1. The molecule has 61 heavy (non-hydrogen) atoms. The second-order valence-corrected chi connectivity index (χ2v) is 17.3. The van der Waals surface area contributed by atoms with E-state index in [1.165, 1.54) is 12.1 Å². The minimum Gasteiger partial charge on any atom is -0.330 e. The highest BCUT2D eigenvalue weighted by molar-refractivity contribution is 5.48. The zero-order valence-corrected chi connectivity index (χ0v) is 34.9. The Morgan fingerprint density at radius 2 is 0.787 bits per heavy atom. The quantitative estimate of drug-likeness (QED) is 0.0805. The van der Waals surface area contributed by atoms with Gasteiger partial charge in [-0.2, -0.15) is 26.3 Å². The fourth-order valence-electron chi connectivity index (χ4n) is 10.1. The molecule has 6 rings (SSSR count). The highest BCUT2D eigenvalue weighted by Crippen LogP contribution is 2.60. The van der Waals surface area contributed by atoms with Gasteiger partial charge in [0.15, 0.2) is 0 Å². The largest absolute Gasteiger partial charge is 0.426 e. The molecule has 0 spiro atoms. The van der Waals surface area contributed by atoms with Crippen LogP contribution in [0.3, 0.4) is 0 Å². The highest BCUT2D eigenvalue weighted by atomic mass is 19.4. The number of hydrogen-bond donors (Lipinski definition) is 0. The zero-order chi connectivity index (χ0) is 44.0. The van der Waals surface area contributed by atoms with Crippen molar-refractivity contribution in [3.05, 3.63) is 142 Å². The highest BCUT2D eigenvalue weighted by Gasteiger charge is 2.71. The molecular weight excluding hydrogens is 807 g/mol. The van der Waals surface area contributed by atoms with Gasteiger partial charge in [0.2, 0.25) is 11.2 Å². The first-order chi connectivity index (χ1) is 29.1. The smallest absolute Gasteiger partial charge is 0.330 e. The third-order valence-electron chi connectivity index (χ3n) is 13.4. The van der Waals surface area contributed by atoms with Crippen molar-refractivity contribution in [2.24, 2.45) is 11.8 Å². The molecule has 2 atom stereocenters. The van der Waals surface area contributed by atoms with Crippen LogP contribution < -0.4 is 0 Å². The van der Waals surface area contributed by atoms with E-state index in [2.05, 4.69) is 13.8 Å². The first-order valence-electron chi connectivity index (χ1n) is 22.0. The van der Waals surface area contributed by atoms with Crippen LogP contribution in [-0.2, 0) is 15.9 Å². The molecule has 2 aliphatic rings. The summed E-state index contributed by atoms with van der Waals surface area (Å²) in [6, 6.07) is 12.3. The molecule has 0 radical (unpaired) electrons. The van der Waals surface area contributed by atoms with Gasteiger partial charge in [0.05, 0.1) is 0 Å². The molecule has 0 bridgehead atoms. The SMILES string of the molecule is CCCCCC1CCC(c2cccc(C(OC(c3ccccc3F)(c3cccc(C4CCC(CCCCC)CC4)c3F)C(F)(F)F)(c3ccccc3F)C(F)(F)F)c2F)CC1. The van der Waals surface area contributed by atoms with Gasteiger partial charge >= 0.3 is 12.4 Å². The Morgan fingerprint density at radius 3 is 1.11 bits per heavy atom. The van der Waals surface area contributed by atoms with Crippen LogP contribution >= 0.6 is 0 Å². The van der Waals surface area contributed by atoms with Gasteiger partial charge in [0.1, 0.15) is 23.3 Å². The number of hydrogen-bond acceptors (Lipinski definition) is 1. The number of benzene rings is 4. The van der Waals surface area contributed by atoms with E-state index < -0.39 is 80.9 Å². The molecule has 1 nitrogen and oxygen atoms in total. The summed E-state index contributed by atoms with van der Waals surface area (Å²) in [6.45, 7) is 4.17. The molecule has 2 unspecified atom stereocenters. The third-order valence-corrected chi connectivity index (χ3v) is 13.4. The number of halogens is 10. The van der Waals surface area contributed by atoms with Crippen LogP contribution in [0.5, 0.6) is 0 Å². The fraction of sp³-hybridized carbons (Fsp3) is 0.520. The summed E-state index contributed by atoms with van der Waals surface area (Å²) in [6.07, 6.45) is 0.320. The van der Waals surface area contributed by atoms with E-state index in [1.54, 1.807) is 0 Å². The molecule has 0 aromatic heterocycles. The molecule has 4 aromatic carbocycles. The summed E-state index contributed by atoms with van der Waals surface area (Å²) in [5.74, 6) is -6.88. The molecule has 4 aromatic rings. The number of unbranched alkanes of at least 4 members (excludes halogenated alkanes) is 4. The van der Waals surface area contributed by atoms with E-state index in [4.69, 9.17) is 4.74 Å². The van der Waals surface area contributed by atoms with E-state index in [0.29, 0.717) is 99.6 Å². The second kappa shape index (κ2) is 19.7.